The van der Waals surface area contributed by atoms with Gasteiger partial charge in [0.25, 0.3) is 0 Å². The monoisotopic (exact) mass is 438 g/mol. The maximum atomic E-state index is 12.6. The Morgan fingerprint density at radius 3 is 2.63 bits per heavy atom. The molecule has 0 bridgehead atoms. The van der Waals surface area contributed by atoms with Crippen LogP contribution in [0.4, 0.5) is 0 Å². The zero-order chi connectivity index (χ0) is 19.2. The van der Waals surface area contributed by atoms with Crippen LogP contribution in [0.2, 0.25) is 0 Å². The molecular formula is C24H39BrO2. The van der Waals surface area contributed by atoms with Crippen molar-refractivity contribution in [2.75, 3.05) is 18.5 Å². The normalized spacial score (nSPS) is 49.2. The fourth-order valence-electron chi connectivity index (χ4n) is 8.46. The van der Waals surface area contributed by atoms with Crippen molar-refractivity contribution in [2.24, 2.45) is 46.3 Å². The van der Waals surface area contributed by atoms with Crippen molar-refractivity contribution < 1.29 is 9.53 Å². The van der Waals surface area contributed by atoms with E-state index in [-0.39, 0.29) is 5.41 Å². The zero-order valence-electron chi connectivity index (χ0n) is 17.6. The highest BCUT2D eigenvalue weighted by atomic mass is 79.9. The van der Waals surface area contributed by atoms with E-state index >= 15 is 0 Å². The first-order chi connectivity index (χ1) is 13.0. The summed E-state index contributed by atoms with van der Waals surface area (Å²) in [6, 6.07) is 0. The van der Waals surface area contributed by atoms with Gasteiger partial charge in [-0.3, -0.25) is 4.79 Å². The minimum atomic E-state index is 0.258. The molecule has 4 saturated carbocycles. The summed E-state index contributed by atoms with van der Waals surface area (Å²) in [5.74, 6) is 4.97. The molecule has 4 rings (SSSR count). The van der Waals surface area contributed by atoms with E-state index in [1.807, 2.05) is 0 Å². The Labute approximate surface area is 174 Å². The second kappa shape index (κ2) is 7.74. The largest absolute Gasteiger partial charge is 0.381 e. The standard InChI is InChI=1S/C24H39BrO2/c1-4-27-15-24-12-9-16(2)13-17(24)5-6-18-19-7-8-21(22(26)14-25)23(19,3)11-10-20(18)24/h16-21H,4-15H2,1-3H3/t16-,17?,18-,19?,20?,21+,23-,24?/m0/s1. The van der Waals surface area contributed by atoms with Crippen LogP contribution in [0, 0.1) is 46.3 Å². The molecule has 4 unspecified atom stereocenters. The van der Waals surface area contributed by atoms with Crippen molar-refractivity contribution in [1.29, 1.82) is 0 Å². The Morgan fingerprint density at radius 2 is 1.89 bits per heavy atom. The second-order valence-corrected chi connectivity index (χ2v) is 11.2. The van der Waals surface area contributed by atoms with Crippen molar-refractivity contribution in [3.8, 4) is 0 Å². The molecule has 0 spiro atoms. The summed E-state index contributed by atoms with van der Waals surface area (Å²) < 4.78 is 6.17. The lowest BCUT2D eigenvalue weighted by Crippen LogP contribution is -2.56. The Kier molecular flexibility index (Phi) is 5.85. The molecule has 0 aromatic carbocycles. The minimum Gasteiger partial charge on any atom is -0.381 e. The summed E-state index contributed by atoms with van der Waals surface area (Å²) in [5, 5.41) is 0.544. The van der Waals surface area contributed by atoms with E-state index in [1.165, 1.54) is 51.4 Å². The third-order valence-corrected chi connectivity index (χ3v) is 10.3. The van der Waals surface area contributed by atoms with Gasteiger partial charge in [-0.05, 0) is 98.7 Å². The molecule has 4 aliphatic rings. The quantitative estimate of drug-likeness (QED) is 0.473. The summed E-state index contributed by atoms with van der Waals surface area (Å²) >= 11 is 3.46. The third-order valence-electron chi connectivity index (χ3n) is 9.72. The van der Waals surface area contributed by atoms with Crippen LogP contribution in [0.5, 0.6) is 0 Å². The predicted octanol–water partition coefficient (Wildman–Crippen LogP) is 6.26. The Bertz CT molecular complexity index is 559. The predicted molar refractivity (Wildman–Crippen MR) is 114 cm³/mol. The highest BCUT2D eigenvalue weighted by Crippen LogP contribution is 2.68. The van der Waals surface area contributed by atoms with E-state index in [2.05, 4.69) is 36.7 Å². The van der Waals surface area contributed by atoms with Gasteiger partial charge in [0.2, 0.25) is 0 Å². The van der Waals surface area contributed by atoms with Gasteiger partial charge in [-0.1, -0.05) is 36.2 Å². The summed E-state index contributed by atoms with van der Waals surface area (Å²) in [6.07, 6.45) is 12.0. The van der Waals surface area contributed by atoms with Crippen molar-refractivity contribution >= 4 is 21.7 Å². The molecule has 0 amide bonds. The van der Waals surface area contributed by atoms with Crippen molar-refractivity contribution in [3.63, 3.8) is 0 Å². The molecule has 0 N–H and O–H groups in total. The number of hydrogen-bond donors (Lipinski definition) is 0. The first-order valence-electron chi connectivity index (χ1n) is 11.6. The van der Waals surface area contributed by atoms with E-state index in [0.29, 0.717) is 22.4 Å². The number of hydrogen-bond acceptors (Lipinski definition) is 2. The molecule has 0 aromatic heterocycles. The van der Waals surface area contributed by atoms with Gasteiger partial charge >= 0.3 is 0 Å². The lowest BCUT2D eigenvalue weighted by molar-refractivity contribution is -0.157. The molecule has 2 nitrogen and oxygen atoms in total. The van der Waals surface area contributed by atoms with Crippen LogP contribution < -0.4 is 0 Å². The number of fused-ring (bicyclic) bond motifs is 5. The van der Waals surface area contributed by atoms with Crippen molar-refractivity contribution in [2.45, 2.75) is 78.6 Å². The summed E-state index contributed by atoms with van der Waals surface area (Å²) in [6.45, 7) is 8.93. The summed E-state index contributed by atoms with van der Waals surface area (Å²) in [5.41, 5.74) is 0.692. The molecule has 8 atom stereocenters. The highest BCUT2D eigenvalue weighted by molar-refractivity contribution is 9.09. The molecule has 0 heterocycles. The summed E-state index contributed by atoms with van der Waals surface area (Å²) in [4.78, 5) is 12.6. The van der Waals surface area contributed by atoms with Gasteiger partial charge in [-0.25, -0.2) is 0 Å². The lowest BCUT2D eigenvalue weighted by Gasteiger charge is -2.62. The molecule has 4 aliphatic carbocycles. The smallest absolute Gasteiger partial charge is 0.147 e. The minimum absolute atomic E-state index is 0.258. The second-order valence-electron chi connectivity index (χ2n) is 10.7. The highest BCUT2D eigenvalue weighted by Gasteiger charge is 2.62. The van der Waals surface area contributed by atoms with Crippen LogP contribution >= 0.6 is 15.9 Å². The van der Waals surface area contributed by atoms with Gasteiger partial charge in [0.05, 0.1) is 11.9 Å². The Hall–Kier alpha value is 0.110. The Morgan fingerprint density at radius 1 is 1.07 bits per heavy atom. The van der Waals surface area contributed by atoms with Gasteiger partial charge < -0.3 is 4.74 Å². The average Bonchev–Trinajstić information content (AvgIpc) is 3.03. The van der Waals surface area contributed by atoms with Gasteiger partial charge in [0, 0.05) is 12.5 Å². The molecule has 27 heavy (non-hydrogen) atoms. The van der Waals surface area contributed by atoms with Crippen LogP contribution in [0.15, 0.2) is 0 Å². The van der Waals surface area contributed by atoms with Crippen molar-refractivity contribution in [3.05, 3.63) is 0 Å². The third kappa shape index (κ3) is 3.18. The number of ketones is 1. The number of ether oxygens (including phenoxy) is 1. The van der Waals surface area contributed by atoms with Crippen LogP contribution in [0.3, 0.4) is 0 Å². The molecule has 0 saturated heterocycles. The van der Waals surface area contributed by atoms with E-state index in [9.17, 15) is 4.79 Å². The fourth-order valence-corrected chi connectivity index (χ4v) is 8.85. The molecule has 0 aliphatic heterocycles. The van der Waals surface area contributed by atoms with E-state index in [0.717, 1.165) is 49.2 Å². The number of carbonyl (C=O) groups is 1. The number of rotatable bonds is 5. The van der Waals surface area contributed by atoms with Crippen LogP contribution in [0.1, 0.15) is 78.6 Å². The van der Waals surface area contributed by atoms with Gasteiger partial charge in [0.1, 0.15) is 5.78 Å². The lowest BCUT2D eigenvalue weighted by atomic mass is 9.44. The number of halogens is 1. The number of Topliss-reactive ketones (excluding diaryl/α,β-unsaturated/α-hetero) is 1. The first-order valence-corrected chi connectivity index (χ1v) is 12.7. The Balaban J connectivity index is 1.62. The average molecular weight is 439 g/mol. The van der Waals surface area contributed by atoms with E-state index in [1.54, 1.807) is 0 Å². The van der Waals surface area contributed by atoms with Crippen LogP contribution in [-0.2, 0) is 9.53 Å². The molecular weight excluding hydrogens is 400 g/mol. The molecule has 4 fully saturated rings. The van der Waals surface area contributed by atoms with Gasteiger partial charge in [0.15, 0.2) is 0 Å². The van der Waals surface area contributed by atoms with Gasteiger partial charge in [-0.15, -0.1) is 0 Å². The zero-order valence-corrected chi connectivity index (χ0v) is 19.2. The van der Waals surface area contributed by atoms with Gasteiger partial charge in [-0.2, -0.15) is 0 Å². The maximum absolute atomic E-state index is 12.6. The van der Waals surface area contributed by atoms with Crippen LogP contribution in [0.25, 0.3) is 0 Å². The van der Waals surface area contributed by atoms with Crippen LogP contribution in [-0.4, -0.2) is 24.3 Å². The number of alkyl halides is 1. The molecule has 0 radical (unpaired) electrons. The van der Waals surface area contributed by atoms with E-state index in [4.69, 9.17) is 4.74 Å². The number of carbonyl (C=O) groups excluding carboxylic acids is 1. The molecule has 0 aromatic rings. The SMILES string of the molecule is CCOCC12CC[C@H](C)CC1CC[C@@H]1C2CC[C@@]2(C)C1CC[C@@H]2C(=O)CBr. The topological polar surface area (TPSA) is 26.3 Å². The molecule has 3 heteroatoms. The van der Waals surface area contributed by atoms with Crippen molar-refractivity contribution in [1.82, 2.24) is 0 Å². The molecule has 154 valence electrons. The summed E-state index contributed by atoms with van der Waals surface area (Å²) in [7, 11) is 0. The first kappa shape index (κ1) is 20.4. The fraction of sp³-hybridized carbons (Fsp3) is 0.958. The maximum Gasteiger partial charge on any atom is 0.147 e. The van der Waals surface area contributed by atoms with E-state index < -0.39 is 0 Å².